The van der Waals surface area contributed by atoms with Gasteiger partial charge in [-0.25, -0.2) is 0 Å². The van der Waals surface area contributed by atoms with E-state index in [-0.39, 0.29) is 11.9 Å². The van der Waals surface area contributed by atoms with Gasteiger partial charge >= 0.3 is 0 Å². The second-order valence-corrected chi connectivity index (χ2v) is 7.09. The molecular formula is C22H25ClN2O2. The minimum Gasteiger partial charge on any atom is -0.493 e. The van der Waals surface area contributed by atoms with Crippen LogP contribution in [0.4, 0.5) is 0 Å². The van der Waals surface area contributed by atoms with Crippen LogP contribution in [0.2, 0.25) is 5.02 Å². The number of fused-ring (bicyclic) bond motifs is 1. The van der Waals surface area contributed by atoms with Crippen LogP contribution >= 0.6 is 11.6 Å². The van der Waals surface area contributed by atoms with E-state index in [0.717, 1.165) is 28.6 Å². The zero-order chi connectivity index (χ0) is 19.4. The van der Waals surface area contributed by atoms with Crippen molar-refractivity contribution >= 4 is 28.4 Å². The summed E-state index contributed by atoms with van der Waals surface area (Å²) in [4.78, 5) is 12.9. The summed E-state index contributed by atoms with van der Waals surface area (Å²) in [5.74, 6) is 0.711. The van der Waals surface area contributed by atoms with Crippen LogP contribution in [0.25, 0.3) is 10.9 Å². The molecule has 0 aliphatic rings. The molecule has 4 nitrogen and oxygen atoms in total. The van der Waals surface area contributed by atoms with E-state index in [2.05, 4.69) is 12.2 Å². The Morgan fingerprint density at radius 2 is 1.96 bits per heavy atom. The van der Waals surface area contributed by atoms with Gasteiger partial charge in [0.15, 0.2) is 0 Å². The summed E-state index contributed by atoms with van der Waals surface area (Å²) in [6.07, 6.45) is 0.879. The van der Waals surface area contributed by atoms with Crippen LogP contribution < -0.4 is 10.1 Å². The summed E-state index contributed by atoms with van der Waals surface area (Å²) in [7, 11) is 0. The molecule has 0 aliphatic heterocycles. The number of hydrogen-bond donors (Lipinski definition) is 1. The van der Waals surface area contributed by atoms with Crippen molar-refractivity contribution in [2.24, 2.45) is 0 Å². The van der Waals surface area contributed by atoms with E-state index >= 15 is 0 Å². The van der Waals surface area contributed by atoms with Gasteiger partial charge in [-0.2, -0.15) is 0 Å². The predicted molar refractivity (Wildman–Crippen MR) is 111 cm³/mol. The Labute approximate surface area is 165 Å². The summed E-state index contributed by atoms with van der Waals surface area (Å²) >= 11 is 6.15. The summed E-state index contributed by atoms with van der Waals surface area (Å²) in [6.45, 7) is 7.15. The van der Waals surface area contributed by atoms with Gasteiger partial charge < -0.3 is 14.6 Å². The van der Waals surface area contributed by atoms with Crippen LogP contribution in [-0.4, -0.2) is 23.1 Å². The topological polar surface area (TPSA) is 43.3 Å². The molecule has 142 valence electrons. The number of carbonyl (C=O) groups excluding carboxylic acids is 1. The number of halogens is 1. The Morgan fingerprint density at radius 1 is 1.19 bits per heavy atom. The van der Waals surface area contributed by atoms with Gasteiger partial charge in [0, 0.05) is 23.0 Å². The molecule has 3 rings (SSSR count). The molecule has 1 heterocycles. The second kappa shape index (κ2) is 8.49. The van der Waals surface area contributed by atoms with Crippen molar-refractivity contribution in [1.82, 2.24) is 9.88 Å². The number of amides is 1. The fourth-order valence-electron chi connectivity index (χ4n) is 3.11. The predicted octanol–water partition coefficient (Wildman–Crippen LogP) is 5.27. The molecule has 0 aliphatic carbocycles. The minimum atomic E-state index is -0.0787. The molecule has 0 saturated carbocycles. The monoisotopic (exact) mass is 384 g/mol. The third kappa shape index (κ3) is 4.28. The van der Waals surface area contributed by atoms with Crippen molar-refractivity contribution in [2.45, 2.75) is 39.8 Å². The molecule has 5 heteroatoms. The van der Waals surface area contributed by atoms with Gasteiger partial charge in [-0.3, -0.25) is 4.79 Å². The quantitative estimate of drug-likeness (QED) is 0.603. The smallest absolute Gasteiger partial charge is 0.268 e. The maximum absolute atomic E-state index is 12.9. The van der Waals surface area contributed by atoms with Gasteiger partial charge in [0.2, 0.25) is 0 Å². The lowest BCUT2D eigenvalue weighted by Gasteiger charge is -2.14. The van der Waals surface area contributed by atoms with Crippen molar-refractivity contribution in [3.63, 3.8) is 0 Å². The van der Waals surface area contributed by atoms with E-state index in [1.807, 2.05) is 66.9 Å². The van der Waals surface area contributed by atoms with Crippen LogP contribution in [0.15, 0.2) is 48.5 Å². The summed E-state index contributed by atoms with van der Waals surface area (Å²) < 4.78 is 7.80. The third-order valence-electron chi connectivity index (χ3n) is 4.66. The second-order valence-electron chi connectivity index (χ2n) is 6.65. The molecule has 2 aromatic carbocycles. The third-order valence-corrected chi connectivity index (χ3v) is 4.89. The first-order valence-corrected chi connectivity index (χ1v) is 9.71. The summed E-state index contributed by atoms with van der Waals surface area (Å²) in [6, 6.07) is 15.7. The van der Waals surface area contributed by atoms with Gasteiger partial charge in [-0.15, -0.1) is 0 Å². The first-order valence-electron chi connectivity index (χ1n) is 9.33. The number of carbonyl (C=O) groups is 1. The molecule has 1 N–H and O–H groups in total. The molecule has 1 amide bonds. The van der Waals surface area contributed by atoms with Gasteiger partial charge in [0.25, 0.3) is 5.91 Å². The number of aromatic nitrogens is 1. The highest BCUT2D eigenvalue weighted by atomic mass is 35.5. The van der Waals surface area contributed by atoms with Crippen LogP contribution in [-0.2, 0) is 6.54 Å². The van der Waals surface area contributed by atoms with Crippen molar-refractivity contribution in [3.8, 4) is 5.75 Å². The molecule has 0 saturated heterocycles. The first-order chi connectivity index (χ1) is 13.0. The lowest BCUT2D eigenvalue weighted by atomic mass is 10.2. The highest BCUT2D eigenvalue weighted by Crippen LogP contribution is 2.30. The van der Waals surface area contributed by atoms with Crippen molar-refractivity contribution < 1.29 is 9.53 Å². The molecule has 1 atom stereocenters. The first kappa shape index (κ1) is 19.3. The Morgan fingerprint density at radius 3 is 2.67 bits per heavy atom. The van der Waals surface area contributed by atoms with E-state index in [1.54, 1.807) is 0 Å². The normalized spacial score (nSPS) is 12.1. The SMILES string of the molecule is CCOc1cccc2c1cc(C(=O)N[C@H](C)CC)n2Cc1cccc(Cl)c1. The molecule has 0 spiro atoms. The van der Waals surface area contributed by atoms with Crippen LogP contribution in [0.5, 0.6) is 5.75 Å². The number of ether oxygens (including phenoxy) is 1. The van der Waals surface area contributed by atoms with Gasteiger partial charge in [0.05, 0.1) is 12.1 Å². The zero-order valence-corrected chi connectivity index (χ0v) is 16.7. The molecule has 3 aromatic rings. The maximum atomic E-state index is 12.9. The number of nitrogens with one attached hydrogen (secondary N) is 1. The lowest BCUT2D eigenvalue weighted by molar-refractivity contribution is 0.0931. The van der Waals surface area contributed by atoms with E-state index < -0.39 is 0 Å². The van der Waals surface area contributed by atoms with Crippen LogP contribution in [0, 0.1) is 0 Å². The molecule has 1 aromatic heterocycles. The Bertz CT molecular complexity index is 949. The summed E-state index contributed by atoms with van der Waals surface area (Å²) in [5.41, 5.74) is 2.63. The maximum Gasteiger partial charge on any atom is 0.268 e. The van der Waals surface area contributed by atoms with Crippen LogP contribution in [0.3, 0.4) is 0 Å². The van der Waals surface area contributed by atoms with Crippen molar-refractivity contribution in [2.75, 3.05) is 6.61 Å². The van der Waals surface area contributed by atoms with E-state index in [0.29, 0.717) is 23.9 Å². The highest BCUT2D eigenvalue weighted by molar-refractivity contribution is 6.30. The summed E-state index contributed by atoms with van der Waals surface area (Å²) in [5, 5.41) is 4.69. The van der Waals surface area contributed by atoms with Crippen molar-refractivity contribution in [3.05, 3.63) is 64.8 Å². The van der Waals surface area contributed by atoms with E-state index in [9.17, 15) is 4.79 Å². The molecule has 0 unspecified atom stereocenters. The fourth-order valence-corrected chi connectivity index (χ4v) is 3.33. The zero-order valence-electron chi connectivity index (χ0n) is 16.0. The minimum absolute atomic E-state index is 0.0787. The molecule has 0 fully saturated rings. The van der Waals surface area contributed by atoms with E-state index in [4.69, 9.17) is 16.3 Å². The standard InChI is InChI=1S/C22H25ClN2O2/c1-4-15(3)24-22(26)20-13-18-19(10-7-11-21(18)27-5-2)25(20)14-16-8-6-9-17(23)12-16/h6-13,15H,4-5,14H2,1-3H3,(H,24,26)/t15-/m1/s1. The molecular weight excluding hydrogens is 360 g/mol. The fraction of sp³-hybridized carbons (Fsp3) is 0.318. The van der Waals surface area contributed by atoms with Crippen LogP contribution in [0.1, 0.15) is 43.2 Å². The van der Waals surface area contributed by atoms with Gasteiger partial charge in [-0.1, -0.05) is 36.7 Å². The molecule has 0 radical (unpaired) electrons. The van der Waals surface area contributed by atoms with E-state index in [1.165, 1.54) is 0 Å². The number of hydrogen-bond acceptors (Lipinski definition) is 2. The number of rotatable bonds is 7. The number of benzene rings is 2. The molecule has 0 bridgehead atoms. The largest absolute Gasteiger partial charge is 0.493 e. The van der Waals surface area contributed by atoms with Gasteiger partial charge in [-0.05, 0) is 56.2 Å². The average molecular weight is 385 g/mol. The number of nitrogens with zero attached hydrogens (tertiary/aromatic N) is 1. The molecule has 27 heavy (non-hydrogen) atoms. The Kier molecular flexibility index (Phi) is 6.07. The Hall–Kier alpha value is -2.46. The Balaban J connectivity index is 2.10. The van der Waals surface area contributed by atoms with Crippen molar-refractivity contribution in [1.29, 1.82) is 0 Å². The lowest BCUT2D eigenvalue weighted by Crippen LogP contribution is -2.33. The van der Waals surface area contributed by atoms with Gasteiger partial charge in [0.1, 0.15) is 11.4 Å². The average Bonchev–Trinajstić information content (AvgIpc) is 3.01. The highest BCUT2D eigenvalue weighted by Gasteiger charge is 2.19.